The number of hydrogen-bond donors (Lipinski definition) is 1. The van der Waals surface area contributed by atoms with Crippen molar-refractivity contribution < 1.29 is 49.2 Å². The van der Waals surface area contributed by atoms with Crippen LogP contribution in [-0.2, 0) is 39.6 Å². The van der Waals surface area contributed by atoms with Crippen LogP contribution in [0.1, 0.15) is 19.8 Å². The second-order valence-corrected chi connectivity index (χ2v) is 56.0. The molecule has 0 aliphatic rings. The molecule has 2 aromatic carbocycles. The Morgan fingerprint density at radius 3 is 1.40 bits per heavy atom. The molecular weight excluding hydrogens is 969 g/mol. The molecule has 11 nitrogen and oxygen atoms in total. The Morgan fingerprint density at radius 2 is 1.00 bits per heavy atom. The Morgan fingerprint density at radius 1 is 0.585 bits per heavy atom. The summed E-state index contributed by atoms with van der Waals surface area (Å²) >= 11 is 0. The molecule has 366 valence electrons. The van der Waals surface area contributed by atoms with E-state index in [9.17, 15) is 14.4 Å². The highest BCUT2D eigenvalue weighted by atomic mass is 28.5. The van der Waals surface area contributed by atoms with Crippen molar-refractivity contribution in [2.75, 3.05) is 13.2 Å². The fourth-order valence-electron chi connectivity index (χ4n) is 7.19. The quantitative estimate of drug-likeness (QED) is 0.0335. The van der Waals surface area contributed by atoms with Gasteiger partial charge in [-0.1, -0.05) is 90.9 Å². The molecule has 0 saturated heterocycles. The monoisotopic (exact) mass is 1050 g/mol. The number of benzene rings is 2. The SMILES string of the molecule is C=CC(=O)OCCC[Si](O[Si](C)(C)C=C)(O[Si](C)(C)C=C)O[Si](C)(C)CC[Si](C)(C)c1ccc(Oc2ccc([Si](C)(C)CC[Si](C)(C)O[Si](O)(CCCOC(C)=O)O[SiH](C)C)cc2)cc1. The van der Waals surface area contributed by atoms with E-state index in [2.05, 4.69) is 147 Å². The molecule has 2 rings (SSSR count). The Labute approximate surface area is 403 Å². The molecule has 1 N–H and O–H groups in total. The number of rotatable bonds is 31. The molecule has 0 bridgehead atoms. The van der Waals surface area contributed by atoms with E-state index in [-0.39, 0.29) is 19.2 Å². The lowest BCUT2D eigenvalue weighted by atomic mass is 10.3. The summed E-state index contributed by atoms with van der Waals surface area (Å²) in [7, 11) is -21.4. The Bertz CT molecular complexity index is 1830. The zero-order valence-electron chi connectivity index (χ0n) is 42.7. The summed E-state index contributed by atoms with van der Waals surface area (Å²) in [5, 5.41) is 2.70. The number of carbonyl (C=O) groups is 2. The van der Waals surface area contributed by atoms with E-state index in [4.69, 9.17) is 34.8 Å². The molecule has 0 radical (unpaired) electrons. The molecule has 0 heterocycles. The third-order valence-corrected chi connectivity index (χ3v) is 42.9. The second kappa shape index (κ2) is 25.1. The van der Waals surface area contributed by atoms with E-state index in [1.165, 1.54) is 23.4 Å². The van der Waals surface area contributed by atoms with Crippen molar-refractivity contribution >= 4 is 98.4 Å². The van der Waals surface area contributed by atoms with Gasteiger partial charge in [-0.25, -0.2) is 4.79 Å². The summed E-state index contributed by atoms with van der Waals surface area (Å²) < 4.78 is 50.8. The molecule has 65 heavy (non-hydrogen) atoms. The van der Waals surface area contributed by atoms with Gasteiger partial charge in [0.05, 0.1) is 29.4 Å². The minimum atomic E-state index is -3.39. The number of ether oxygens (including phenoxy) is 3. The third-order valence-electron chi connectivity index (χ3n) is 11.3. The van der Waals surface area contributed by atoms with Crippen molar-refractivity contribution in [1.82, 2.24) is 0 Å². The first-order valence-electron chi connectivity index (χ1n) is 23.1. The van der Waals surface area contributed by atoms with Crippen LogP contribution >= 0.6 is 0 Å². The first-order valence-corrected chi connectivity index (χ1v) is 48.4. The molecule has 20 heteroatoms. The molecular formula is C45H84O11Si9. The van der Waals surface area contributed by atoms with Gasteiger partial charge in [-0.15, -0.1) is 13.2 Å². The van der Waals surface area contributed by atoms with Gasteiger partial charge < -0.3 is 39.6 Å². The van der Waals surface area contributed by atoms with Crippen LogP contribution < -0.4 is 15.1 Å². The Kier molecular flexibility index (Phi) is 22.9. The van der Waals surface area contributed by atoms with E-state index < -0.39 is 82.0 Å². The maximum atomic E-state index is 11.8. The fraction of sp³-hybridized carbons (Fsp3) is 0.556. The molecule has 1 unspecified atom stereocenters. The zero-order chi connectivity index (χ0) is 49.5. The minimum absolute atomic E-state index is 0.236. The van der Waals surface area contributed by atoms with E-state index >= 15 is 0 Å². The van der Waals surface area contributed by atoms with Crippen LogP contribution in [0.4, 0.5) is 0 Å². The highest BCUT2D eigenvalue weighted by molar-refractivity contribution is 6.94. The smallest absolute Gasteiger partial charge is 0.466 e. The van der Waals surface area contributed by atoms with Crippen LogP contribution in [0.3, 0.4) is 0 Å². The standard InChI is InChI=1S/C45H84O11Si9/c1-19-45(47)50-33-23-35-65(54-60(11,12)20-2,55-61(13,14)21-3)56-63(17,18)39-37-59(9,10)44-30-26-42(27-31-44)51-41-24-28-43(29-25-41)58(7,8)36-38-62(15,16)53-64(48,52-57(5)6)34-22-32-49-40(4)46/h19-21,24-31,48,57H,1-3,22-23,32-39H2,4-18H3. The van der Waals surface area contributed by atoms with E-state index in [1.807, 2.05) is 24.5 Å². The Balaban J connectivity index is 2.15. The van der Waals surface area contributed by atoms with Crippen molar-refractivity contribution in [3.63, 3.8) is 0 Å². The number of esters is 2. The van der Waals surface area contributed by atoms with Crippen molar-refractivity contribution in [2.24, 2.45) is 0 Å². The second-order valence-electron chi connectivity index (χ2n) is 20.9. The van der Waals surface area contributed by atoms with Gasteiger partial charge in [0.2, 0.25) is 16.6 Å². The topological polar surface area (TPSA) is 128 Å². The van der Waals surface area contributed by atoms with Crippen LogP contribution in [-0.4, -0.2) is 106 Å². The molecule has 0 saturated carbocycles. The van der Waals surface area contributed by atoms with E-state index in [1.54, 1.807) is 0 Å². The van der Waals surface area contributed by atoms with Crippen molar-refractivity contribution in [3.8, 4) is 11.5 Å². The molecule has 0 fully saturated rings. The molecule has 0 amide bonds. The summed E-state index contributed by atoms with van der Waals surface area (Å²) in [6.45, 7) is 44.6. The highest BCUT2D eigenvalue weighted by Crippen LogP contribution is 2.34. The van der Waals surface area contributed by atoms with E-state index in [0.29, 0.717) is 24.9 Å². The molecule has 0 aliphatic carbocycles. The van der Waals surface area contributed by atoms with Gasteiger partial charge in [0.15, 0.2) is 25.7 Å². The lowest BCUT2D eigenvalue weighted by molar-refractivity contribution is -0.141. The summed E-state index contributed by atoms with van der Waals surface area (Å²) in [5.41, 5.74) is 3.85. The average molecular weight is 1050 g/mol. The van der Waals surface area contributed by atoms with Crippen LogP contribution in [0.25, 0.3) is 0 Å². The summed E-state index contributed by atoms with van der Waals surface area (Å²) in [6.07, 6.45) is 2.26. The van der Waals surface area contributed by atoms with Crippen LogP contribution in [0, 0.1) is 0 Å². The van der Waals surface area contributed by atoms with Gasteiger partial charge in [0, 0.05) is 25.1 Å². The number of carbonyl (C=O) groups excluding carboxylic acids is 2. The lowest BCUT2D eigenvalue weighted by Crippen LogP contribution is -2.61. The lowest BCUT2D eigenvalue weighted by Gasteiger charge is -2.44. The first-order chi connectivity index (χ1) is 29.8. The number of hydrogen-bond acceptors (Lipinski definition) is 11. The molecule has 0 aromatic heterocycles. The summed E-state index contributed by atoms with van der Waals surface area (Å²) in [6, 6.07) is 22.0. The molecule has 2 aromatic rings. The molecule has 0 aliphatic heterocycles. The van der Waals surface area contributed by atoms with Crippen molar-refractivity contribution in [1.29, 1.82) is 0 Å². The van der Waals surface area contributed by atoms with E-state index in [0.717, 1.165) is 35.7 Å². The molecule has 0 spiro atoms. The fourth-order valence-corrected chi connectivity index (χ4v) is 42.9. The van der Waals surface area contributed by atoms with Crippen LogP contribution in [0.5, 0.6) is 11.5 Å². The largest absolute Gasteiger partial charge is 0.477 e. The van der Waals surface area contributed by atoms with Crippen molar-refractivity contribution in [2.45, 2.75) is 148 Å². The first kappa shape index (κ1) is 59.2. The summed E-state index contributed by atoms with van der Waals surface area (Å²) in [4.78, 5) is 34.6. The van der Waals surface area contributed by atoms with Gasteiger partial charge in [-0.2, -0.15) is 0 Å². The minimum Gasteiger partial charge on any atom is -0.466 e. The van der Waals surface area contributed by atoms with Crippen LogP contribution in [0.15, 0.2) is 85.7 Å². The van der Waals surface area contributed by atoms with Gasteiger partial charge >= 0.3 is 29.5 Å². The van der Waals surface area contributed by atoms with Crippen molar-refractivity contribution in [3.05, 3.63) is 85.7 Å². The van der Waals surface area contributed by atoms with Crippen LogP contribution in [0.2, 0.25) is 128 Å². The Hall–Kier alpha value is -1.89. The maximum absolute atomic E-state index is 11.8. The van der Waals surface area contributed by atoms with Gasteiger partial charge in [0.1, 0.15) is 11.5 Å². The third kappa shape index (κ3) is 22.0. The predicted octanol–water partition coefficient (Wildman–Crippen LogP) is 10.6. The molecule has 1 atom stereocenters. The highest BCUT2D eigenvalue weighted by Gasteiger charge is 2.52. The van der Waals surface area contributed by atoms with Gasteiger partial charge in [0.25, 0.3) is 0 Å². The predicted molar refractivity (Wildman–Crippen MR) is 291 cm³/mol. The average Bonchev–Trinajstić information content (AvgIpc) is 3.19. The van der Waals surface area contributed by atoms with Gasteiger partial charge in [-0.05, 0) is 115 Å². The summed E-state index contributed by atoms with van der Waals surface area (Å²) in [5.74, 6) is 0.829. The van der Waals surface area contributed by atoms with Gasteiger partial charge in [-0.3, -0.25) is 4.79 Å². The normalized spacial score (nSPS) is 14.1. The maximum Gasteiger partial charge on any atom is 0.477 e. The zero-order valence-corrected chi connectivity index (χ0v) is 51.8.